The Kier molecular flexibility index (Phi) is 19.3. The minimum Gasteiger partial charge on any atom is -0.412 e. The van der Waals surface area contributed by atoms with Crippen molar-refractivity contribution in [2.75, 3.05) is 0 Å². The van der Waals surface area contributed by atoms with Gasteiger partial charge in [0, 0.05) is 0 Å². The largest absolute Gasteiger partial charge is 0.412 e. The summed E-state index contributed by atoms with van der Waals surface area (Å²) in [6, 6.07) is 1.63. The fourth-order valence-corrected chi connectivity index (χ4v) is 0.0913. The summed E-state index contributed by atoms with van der Waals surface area (Å²) in [6.45, 7) is 1.88. The van der Waals surface area contributed by atoms with Crippen LogP contribution >= 0.6 is 12.4 Å². The third-order valence-corrected chi connectivity index (χ3v) is 0.606. The Labute approximate surface area is 55.2 Å². The molecule has 4 heteroatoms. The fraction of sp³-hybridized carbons (Fsp3) is 0.750. The lowest BCUT2D eigenvalue weighted by Gasteiger charge is -1.88. The number of nitrogens with two attached hydrogens (primary N) is 1. The maximum absolute atomic E-state index is 7.96. The summed E-state index contributed by atoms with van der Waals surface area (Å²) < 4.78 is 0. The van der Waals surface area contributed by atoms with Gasteiger partial charge in [0.15, 0.2) is 0 Å². The number of rotatable bonds is 1. The second-order valence-electron chi connectivity index (χ2n) is 1.14. The van der Waals surface area contributed by atoms with E-state index in [1.165, 1.54) is 0 Å². The topological polar surface area (TPSA) is 81.3 Å². The smallest absolute Gasteiger partial charge is 0.0925 e. The number of nitrogens with zero attached hydrogens (tertiary/aromatic N) is 1. The first kappa shape index (κ1) is 15.6. The van der Waals surface area contributed by atoms with Gasteiger partial charge in [0.2, 0.25) is 0 Å². The number of hydrogen-bond acceptors (Lipinski definition) is 2. The third-order valence-electron chi connectivity index (χ3n) is 0.606. The van der Waals surface area contributed by atoms with E-state index < -0.39 is 0 Å². The van der Waals surface area contributed by atoms with Crippen LogP contribution in [0.4, 0.5) is 0 Å². The van der Waals surface area contributed by atoms with Crippen molar-refractivity contribution in [2.24, 2.45) is 5.73 Å². The van der Waals surface area contributed by atoms with E-state index >= 15 is 0 Å². The highest BCUT2D eigenvalue weighted by Gasteiger charge is 1.88. The van der Waals surface area contributed by atoms with E-state index in [-0.39, 0.29) is 23.9 Å². The van der Waals surface area contributed by atoms with Crippen LogP contribution in [0.25, 0.3) is 0 Å². The molecule has 0 aliphatic rings. The Morgan fingerprint density at radius 3 is 2.12 bits per heavy atom. The highest BCUT2D eigenvalue weighted by atomic mass is 35.5. The molecular weight excluding hydrogens is 128 g/mol. The summed E-state index contributed by atoms with van der Waals surface area (Å²) >= 11 is 0. The van der Waals surface area contributed by atoms with Crippen LogP contribution in [0.2, 0.25) is 0 Å². The molecule has 50 valence electrons. The second-order valence-corrected chi connectivity index (χ2v) is 1.14. The fourth-order valence-electron chi connectivity index (χ4n) is 0.0913. The van der Waals surface area contributed by atoms with Crippen molar-refractivity contribution >= 4 is 12.4 Å². The summed E-state index contributed by atoms with van der Waals surface area (Å²) in [6.07, 6.45) is 0.747. The Balaban J connectivity index is -0.000000125. The van der Waals surface area contributed by atoms with Gasteiger partial charge in [-0.05, 0) is 6.42 Å². The van der Waals surface area contributed by atoms with Gasteiger partial charge >= 0.3 is 0 Å². The van der Waals surface area contributed by atoms with Gasteiger partial charge < -0.3 is 11.2 Å². The highest BCUT2D eigenvalue weighted by molar-refractivity contribution is 5.85. The number of halogens is 1. The molecule has 0 aliphatic heterocycles. The van der Waals surface area contributed by atoms with Crippen molar-refractivity contribution in [3.8, 4) is 6.07 Å². The quantitative estimate of drug-likeness (QED) is 0.547. The monoisotopic (exact) mass is 138 g/mol. The average molecular weight is 139 g/mol. The normalized spacial score (nSPS) is 9.62. The van der Waals surface area contributed by atoms with Crippen LogP contribution in [0.3, 0.4) is 0 Å². The predicted molar refractivity (Wildman–Crippen MR) is 34.7 cm³/mol. The van der Waals surface area contributed by atoms with Crippen molar-refractivity contribution in [2.45, 2.75) is 19.4 Å². The molecule has 0 spiro atoms. The van der Waals surface area contributed by atoms with Gasteiger partial charge in [-0.15, -0.1) is 12.4 Å². The summed E-state index contributed by atoms with van der Waals surface area (Å²) in [5.74, 6) is 0. The SMILES string of the molecule is CCC(N)C#N.Cl.O. The molecule has 0 radical (unpaired) electrons. The zero-order valence-electron chi connectivity index (χ0n) is 4.72. The van der Waals surface area contributed by atoms with E-state index in [0.717, 1.165) is 6.42 Å². The van der Waals surface area contributed by atoms with E-state index in [1.807, 2.05) is 13.0 Å². The summed E-state index contributed by atoms with van der Waals surface area (Å²) in [4.78, 5) is 0. The molecule has 0 aliphatic carbocycles. The van der Waals surface area contributed by atoms with Gasteiger partial charge in [0.05, 0.1) is 12.1 Å². The summed E-state index contributed by atoms with van der Waals surface area (Å²) in [5.41, 5.74) is 5.11. The van der Waals surface area contributed by atoms with Crippen LogP contribution in [0.1, 0.15) is 13.3 Å². The van der Waals surface area contributed by atoms with Crippen LogP contribution in [0.5, 0.6) is 0 Å². The first-order chi connectivity index (χ1) is 2.81. The molecule has 0 saturated carbocycles. The molecule has 0 rings (SSSR count). The third kappa shape index (κ3) is 9.20. The van der Waals surface area contributed by atoms with E-state index in [0.29, 0.717) is 0 Å². The lowest BCUT2D eigenvalue weighted by molar-refractivity contribution is 0.795. The van der Waals surface area contributed by atoms with Crippen molar-refractivity contribution in [1.82, 2.24) is 0 Å². The first-order valence-corrected chi connectivity index (χ1v) is 1.96. The van der Waals surface area contributed by atoms with Gasteiger partial charge in [0.1, 0.15) is 0 Å². The molecule has 4 N–H and O–H groups in total. The standard InChI is InChI=1S/C4H8N2.ClH.H2O/c1-2-4(6)3-5;;/h4H,2,6H2,1H3;1H;1H2. The average Bonchev–Trinajstić information content (AvgIpc) is 1.65. The van der Waals surface area contributed by atoms with Crippen LogP contribution < -0.4 is 5.73 Å². The van der Waals surface area contributed by atoms with Crippen LogP contribution in [0, 0.1) is 11.3 Å². The predicted octanol–water partition coefficient (Wildman–Crippen LogP) is -0.156. The number of nitriles is 1. The lowest BCUT2D eigenvalue weighted by Crippen LogP contribution is -2.14. The molecule has 1 atom stereocenters. The zero-order valence-corrected chi connectivity index (χ0v) is 5.53. The van der Waals surface area contributed by atoms with Crippen LogP contribution in [-0.2, 0) is 0 Å². The first-order valence-electron chi connectivity index (χ1n) is 1.96. The van der Waals surface area contributed by atoms with Crippen molar-refractivity contribution in [1.29, 1.82) is 5.26 Å². The van der Waals surface area contributed by atoms with Crippen LogP contribution in [0.15, 0.2) is 0 Å². The molecule has 0 aromatic heterocycles. The molecule has 8 heavy (non-hydrogen) atoms. The molecular formula is C4H11ClN2O. The van der Waals surface area contributed by atoms with Crippen molar-refractivity contribution in [3.63, 3.8) is 0 Å². The van der Waals surface area contributed by atoms with Crippen molar-refractivity contribution in [3.05, 3.63) is 0 Å². The molecule has 0 bridgehead atoms. The molecule has 0 saturated heterocycles. The van der Waals surface area contributed by atoms with Gasteiger partial charge in [-0.3, -0.25) is 0 Å². The van der Waals surface area contributed by atoms with Gasteiger partial charge in [-0.25, -0.2) is 0 Å². The van der Waals surface area contributed by atoms with Gasteiger partial charge in [-0.1, -0.05) is 6.92 Å². The minimum atomic E-state index is -0.259. The van der Waals surface area contributed by atoms with Crippen LogP contribution in [-0.4, -0.2) is 11.5 Å². The minimum absolute atomic E-state index is 0. The van der Waals surface area contributed by atoms with E-state index in [2.05, 4.69) is 0 Å². The Bertz CT molecular complexity index is 70.9. The summed E-state index contributed by atoms with van der Waals surface area (Å²) in [7, 11) is 0. The second kappa shape index (κ2) is 9.85. The van der Waals surface area contributed by atoms with E-state index in [4.69, 9.17) is 11.0 Å². The zero-order chi connectivity index (χ0) is 4.99. The summed E-state index contributed by atoms with van der Waals surface area (Å²) in [5, 5.41) is 7.96. The molecule has 1 unspecified atom stereocenters. The maximum Gasteiger partial charge on any atom is 0.0925 e. The molecule has 0 aromatic rings. The van der Waals surface area contributed by atoms with Crippen molar-refractivity contribution < 1.29 is 5.48 Å². The molecule has 0 aromatic carbocycles. The maximum atomic E-state index is 7.96. The number of hydrogen-bond donors (Lipinski definition) is 1. The van der Waals surface area contributed by atoms with E-state index in [1.54, 1.807) is 0 Å². The van der Waals surface area contributed by atoms with Gasteiger partial charge in [-0.2, -0.15) is 5.26 Å². The highest BCUT2D eigenvalue weighted by Crippen LogP contribution is 1.77. The Morgan fingerprint density at radius 2 is 2.12 bits per heavy atom. The molecule has 3 nitrogen and oxygen atoms in total. The Morgan fingerprint density at radius 1 is 1.75 bits per heavy atom. The molecule has 0 heterocycles. The Hall–Kier alpha value is -0.300. The van der Waals surface area contributed by atoms with E-state index in [9.17, 15) is 0 Å². The molecule has 0 fully saturated rings. The lowest BCUT2D eigenvalue weighted by atomic mass is 10.3. The molecule has 0 amide bonds. The van der Waals surface area contributed by atoms with Gasteiger partial charge in [0.25, 0.3) is 0 Å².